The Morgan fingerprint density at radius 1 is 1.21 bits per heavy atom. The van der Waals surface area contributed by atoms with Crippen LogP contribution in [0.3, 0.4) is 0 Å². The maximum atomic E-state index is 11.2. The second-order valence-corrected chi connectivity index (χ2v) is 4.62. The Kier molecular flexibility index (Phi) is 7.22. The summed E-state index contributed by atoms with van der Waals surface area (Å²) in [7, 11) is -1.19. The number of rotatable bonds is 9. The van der Waals surface area contributed by atoms with Gasteiger partial charge < -0.3 is 14.8 Å². The van der Waals surface area contributed by atoms with Gasteiger partial charge in [0.15, 0.2) is 5.78 Å². The van der Waals surface area contributed by atoms with E-state index in [1.807, 2.05) is 12.1 Å². The molecule has 1 rings (SSSR count). The van der Waals surface area contributed by atoms with Gasteiger partial charge in [-0.15, -0.1) is 0 Å². The van der Waals surface area contributed by atoms with E-state index in [0.29, 0.717) is 18.5 Å². The van der Waals surface area contributed by atoms with Gasteiger partial charge in [-0.05, 0) is 31.8 Å². The highest BCUT2D eigenvalue weighted by Crippen LogP contribution is 2.14. The van der Waals surface area contributed by atoms with Crippen LogP contribution in [0.4, 0.5) is 0 Å². The van der Waals surface area contributed by atoms with Gasteiger partial charge in [0.1, 0.15) is 5.75 Å². The zero-order chi connectivity index (χ0) is 14.1. The number of unbranched alkanes of at least 4 members (excludes halogenated alkanes) is 3. The van der Waals surface area contributed by atoms with E-state index in [-0.39, 0.29) is 5.78 Å². The highest BCUT2D eigenvalue weighted by molar-refractivity contribution is 6.40. The maximum absolute atomic E-state index is 11.2. The summed E-state index contributed by atoms with van der Waals surface area (Å²) in [6.45, 7) is 2.15. The summed E-state index contributed by atoms with van der Waals surface area (Å²) in [6, 6.07) is 7.18. The Morgan fingerprint density at radius 2 is 1.95 bits per heavy atom. The predicted octanol–water partition coefficient (Wildman–Crippen LogP) is 2.30. The molecule has 1 aromatic carbocycles. The fraction of sp³-hybridized carbons (Fsp3) is 0.500. The molecule has 104 valence electrons. The summed E-state index contributed by atoms with van der Waals surface area (Å²) in [5, 5.41) is 17.4. The first-order valence-corrected chi connectivity index (χ1v) is 6.69. The highest BCUT2D eigenvalue weighted by atomic mass is 16.5. The molecular formula is C14H21BO4. The minimum Gasteiger partial charge on any atom is -0.494 e. The summed E-state index contributed by atoms with van der Waals surface area (Å²) in [4.78, 5) is 11.2. The van der Waals surface area contributed by atoms with E-state index in [1.54, 1.807) is 12.1 Å². The molecule has 4 nitrogen and oxygen atoms in total. The van der Waals surface area contributed by atoms with Crippen molar-refractivity contribution in [2.45, 2.75) is 38.9 Å². The number of carbonyl (C=O) groups excluding carboxylic acids is 1. The molecule has 0 saturated carbocycles. The van der Waals surface area contributed by atoms with E-state index in [4.69, 9.17) is 14.8 Å². The van der Waals surface area contributed by atoms with Crippen LogP contribution in [0.15, 0.2) is 24.3 Å². The second-order valence-electron chi connectivity index (χ2n) is 4.62. The molecule has 1 aromatic rings. The Hall–Kier alpha value is -1.33. The fourth-order valence-corrected chi connectivity index (χ4v) is 1.78. The number of carbonyl (C=O) groups is 1. The van der Waals surface area contributed by atoms with Crippen molar-refractivity contribution in [3.8, 4) is 5.75 Å². The minimum atomic E-state index is -1.19. The summed E-state index contributed by atoms with van der Waals surface area (Å²) in [5.74, 6) is 0.756. The van der Waals surface area contributed by atoms with Gasteiger partial charge in [0, 0.05) is 5.56 Å². The van der Waals surface area contributed by atoms with Gasteiger partial charge in [-0.1, -0.05) is 31.4 Å². The van der Waals surface area contributed by atoms with Crippen LogP contribution >= 0.6 is 0 Å². The first-order chi connectivity index (χ1) is 9.09. The van der Waals surface area contributed by atoms with Crippen LogP contribution in [0.25, 0.3) is 0 Å². The van der Waals surface area contributed by atoms with Gasteiger partial charge in [-0.25, -0.2) is 0 Å². The number of ketones is 1. The molecule has 0 bridgehead atoms. The van der Waals surface area contributed by atoms with E-state index in [2.05, 4.69) is 0 Å². The molecular weight excluding hydrogens is 243 g/mol. The van der Waals surface area contributed by atoms with Crippen molar-refractivity contribution in [3.05, 3.63) is 29.8 Å². The minimum absolute atomic E-state index is 0.0352. The Morgan fingerprint density at radius 3 is 2.63 bits per heavy atom. The molecule has 0 aliphatic rings. The third kappa shape index (κ3) is 6.98. The van der Waals surface area contributed by atoms with Gasteiger partial charge in [-0.3, -0.25) is 4.79 Å². The van der Waals surface area contributed by atoms with Gasteiger partial charge in [0.05, 0.1) is 6.61 Å². The molecule has 0 amide bonds. The molecule has 0 aliphatic carbocycles. The van der Waals surface area contributed by atoms with Crippen molar-refractivity contribution >= 4 is 12.9 Å². The van der Waals surface area contributed by atoms with Crippen LogP contribution in [0.1, 0.15) is 43.0 Å². The number of hydrogen-bond donors (Lipinski definition) is 2. The van der Waals surface area contributed by atoms with Crippen molar-refractivity contribution in [2.75, 3.05) is 6.61 Å². The van der Waals surface area contributed by atoms with Crippen molar-refractivity contribution in [3.63, 3.8) is 0 Å². The number of ether oxygens (including phenoxy) is 1. The normalized spacial score (nSPS) is 10.3. The Balaban J connectivity index is 2.15. The molecule has 0 aliphatic heterocycles. The van der Waals surface area contributed by atoms with Crippen LogP contribution in [0.5, 0.6) is 5.75 Å². The second kappa shape index (κ2) is 8.72. The maximum Gasteiger partial charge on any atom is 0.451 e. The number of hydrogen-bond acceptors (Lipinski definition) is 4. The summed E-state index contributed by atoms with van der Waals surface area (Å²) in [5.41, 5.74) is 0.662. The van der Waals surface area contributed by atoms with E-state index in [0.717, 1.165) is 31.4 Å². The molecule has 2 N–H and O–H groups in total. The SMILES string of the molecule is CC(=O)c1cccc(OCCCCCCB(O)O)c1. The molecule has 0 heterocycles. The van der Waals surface area contributed by atoms with E-state index in [9.17, 15) is 4.79 Å². The van der Waals surface area contributed by atoms with Gasteiger partial charge in [0.25, 0.3) is 0 Å². The third-order valence-corrected chi connectivity index (χ3v) is 2.87. The zero-order valence-corrected chi connectivity index (χ0v) is 11.3. The quantitative estimate of drug-likeness (QED) is 0.408. The monoisotopic (exact) mass is 264 g/mol. The summed E-state index contributed by atoms with van der Waals surface area (Å²) >= 11 is 0. The lowest BCUT2D eigenvalue weighted by Gasteiger charge is -2.07. The lowest BCUT2D eigenvalue weighted by molar-refractivity contribution is 0.101. The lowest BCUT2D eigenvalue weighted by Crippen LogP contribution is -2.09. The topological polar surface area (TPSA) is 66.8 Å². The Labute approximate surface area is 114 Å². The van der Waals surface area contributed by atoms with E-state index >= 15 is 0 Å². The predicted molar refractivity (Wildman–Crippen MR) is 75.4 cm³/mol. The molecule has 0 radical (unpaired) electrons. The molecule has 0 atom stereocenters. The molecule has 5 heteroatoms. The first-order valence-electron chi connectivity index (χ1n) is 6.69. The van der Waals surface area contributed by atoms with E-state index in [1.165, 1.54) is 6.92 Å². The fourth-order valence-electron chi connectivity index (χ4n) is 1.78. The molecule has 19 heavy (non-hydrogen) atoms. The van der Waals surface area contributed by atoms with Crippen molar-refractivity contribution in [2.24, 2.45) is 0 Å². The van der Waals surface area contributed by atoms with Crippen LogP contribution in [-0.4, -0.2) is 29.6 Å². The van der Waals surface area contributed by atoms with Crippen molar-refractivity contribution in [1.82, 2.24) is 0 Å². The molecule has 0 aromatic heterocycles. The Bertz CT molecular complexity index is 393. The molecule has 0 fully saturated rings. The molecule has 0 unspecified atom stereocenters. The van der Waals surface area contributed by atoms with Gasteiger partial charge in [0.2, 0.25) is 0 Å². The largest absolute Gasteiger partial charge is 0.494 e. The lowest BCUT2D eigenvalue weighted by atomic mass is 9.83. The standard InChI is InChI=1S/C14H21BO4/c1-12(16)13-7-6-8-14(11-13)19-10-5-3-2-4-9-15(17)18/h6-8,11,17-18H,2-5,9-10H2,1H3. The average Bonchev–Trinajstić information content (AvgIpc) is 2.37. The number of benzene rings is 1. The molecule has 0 saturated heterocycles. The number of Topliss-reactive ketones (excluding diaryl/α,β-unsaturated/α-hetero) is 1. The van der Waals surface area contributed by atoms with Crippen LogP contribution < -0.4 is 4.74 Å². The van der Waals surface area contributed by atoms with Crippen molar-refractivity contribution in [1.29, 1.82) is 0 Å². The summed E-state index contributed by atoms with van der Waals surface area (Å²) in [6.07, 6.45) is 4.14. The van der Waals surface area contributed by atoms with Crippen molar-refractivity contribution < 1.29 is 19.6 Å². The zero-order valence-electron chi connectivity index (χ0n) is 11.3. The van der Waals surface area contributed by atoms with E-state index < -0.39 is 7.12 Å². The van der Waals surface area contributed by atoms with Crippen LogP contribution in [0.2, 0.25) is 6.32 Å². The van der Waals surface area contributed by atoms with Gasteiger partial charge in [-0.2, -0.15) is 0 Å². The third-order valence-electron chi connectivity index (χ3n) is 2.87. The smallest absolute Gasteiger partial charge is 0.451 e. The highest BCUT2D eigenvalue weighted by Gasteiger charge is 2.05. The molecule has 0 spiro atoms. The van der Waals surface area contributed by atoms with Crippen LogP contribution in [0, 0.1) is 0 Å². The van der Waals surface area contributed by atoms with Gasteiger partial charge >= 0.3 is 7.12 Å². The summed E-state index contributed by atoms with van der Waals surface area (Å²) < 4.78 is 5.57. The van der Waals surface area contributed by atoms with Crippen LogP contribution in [-0.2, 0) is 0 Å². The average molecular weight is 264 g/mol. The first kappa shape index (κ1) is 15.7.